The fourth-order valence-electron chi connectivity index (χ4n) is 4.43. The van der Waals surface area contributed by atoms with Crippen LogP contribution in [0.4, 0.5) is 0 Å². The molecule has 1 aliphatic carbocycles. The lowest BCUT2D eigenvalue weighted by Gasteiger charge is -2.45. The van der Waals surface area contributed by atoms with Crippen LogP contribution in [0.15, 0.2) is 24.3 Å². The van der Waals surface area contributed by atoms with Gasteiger partial charge in [-0.3, -0.25) is 4.79 Å². The SMILES string of the molecule is O=C(O)CC1(c2ccc(C3CN4CCC3CC4)cc2)CC1. The van der Waals surface area contributed by atoms with E-state index >= 15 is 0 Å². The average Bonchev–Trinajstić information content (AvgIpc) is 3.28. The fraction of sp³-hybridized carbons (Fsp3) is 0.611. The molecule has 5 rings (SSSR count). The van der Waals surface area contributed by atoms with Gasteiger partial charge in [0, 0.05) is 12.0 Å². The molecule has 0 aromatic heterocycles. The summed E-state index contributed by atoms with van der Waals surface area (Å²) in [6.45, 7) is 3.77. The number of carboxylic acids is 1. The molecule has 3 heterocycles. The Morgan fingerprint density at radius 2 is 1.86 bits per heavy atom. The normalized spacial score (nSPS) is 32.9. The van der Waals surface area contributed by atoms with Gasteiger partial charge in [-0.25, -0.2) is 0 Å². The van der Waals surface area contributed by atoms with Crippen molar-refractivity contribution in [1.82, 2.24) is 4.90 Å². The number of piperidine rings is 3. The van der Waals surface area contributed by atoms with Crippen LogP contribution < -0.4 is 0 Å². The van der Waals surface area contributed by atoms with Crippen molar-refractivity contribution in [3.05, 3.63) is 35.4 Å². The smallest absolute Gasteiger partial charge is 0.304 e. The molecule has 1 aromatic carbocycles. The highest BCUT2D eigenvalue weighted by Gasteiger charge is 2.46. The number of nitrogens with zero attached hydrogens (tertiary/aromatic N) is 1. The summed E-state index contributed by atoms with van der Waals surface area (Å²) in [7, 11) is 0. The Kier molecular flexibility index (Phi) is 3.07. The van der Waals surface area contributed by atoms with Crippen molar-refractivity contribution in [1.29, 1.82) is 0 Å². The predicted molar refractivity (Wildman–Crippen MR) is 81.5 cm³/mol. The number of hydrogen-bond acceptors (Lipinski definition) is 2. The van der Waals surface area contributed by atoms with E-state index in [2.05, 4.69) is 29.2 Å². The molecule has 0 radical (unpaired) electrons. The minimum absolute atomic E-state index is 0.0561. The summed E-state index contributed by atoms with van der Waals surface area (Å²) in [6, 6.07) is 8.93. The first-order valence-electron chi connectivity index (χ1n) is 8.21. The number of fused-ring (bicyclic) bond motifs is 3. The zero-order chi connectivity index (χ0) is 14.4. The average molecular weight is 285 g/mol. The Labute approximate surface area is 126 Å². The highest BCUT2D eigenvalue weighted by molar-refractivity contribution is 5.70. The standard InChI is InChI=1S/C18H23NO2/c20-17(21)11-18(7-8-18)15-3-1-13(2-4-15)16-12-19-9-5-14(16)6-10-19/h1-4,14,16H,5-12H2,(H,20,21). The van der Waals surface area contributed by atoms with Crippen LogP contribution in [-0.2, 0) is 10.2 Å². The van der Waals surface area contributed by atoms with E-state index in [0.717, 1.165) is 18.8 Å². The van der Waals surface area contributed by atoms with Gasteiger partial charge in [0.1, 0.15) is 0 Å². The Hall–Kier alpha value is -1.35. The van der Waals surface area contributed by atoms with Gasteiger partial charge in [0.05, 0.1) is 6.42 Å². The van der Waals surface area contributed by atoms with Crippen molar-refractivity contribution in [3.63, 3.8) is 0 Å². The molecular weight excluding hydrogens is 262 g/mol. The summed E-state index contributed by atoms with van der Waals surface area (Å²) < 4.78 is 0. The number of carbonyl (C=O) groups is 1. The first kappa shape index (κ1) is 13.3. The Balaban J connectivity index is 1.53. The number of hydrogen-bond donors (Lipinski definition) is 1. The number of rotatable bonds is 4. The molecule has 4 fully saturated rings. The molecule has 0 amide bonds. The lowest BCUT2D eigenvalue weighted by molar-refractivity contribution is -0.137. The van der Waals surface area contributed by atoms with Crippen molar-refractivity contribution in [2.24, 2.45) is 5.92 Å². The van der Waals surface area contributed by atoms with E-state index in [-0.39, 0.29) is 11.8 Å². The van der Waals surface area contributed by atoms with E-state index in [0.29, 0.717) is 5.92 Å². The molecule has 1 unspecified atom stereocenters. The van der Waals surface area contributed by atoms with Gasteiger partial charge < -0.3 is 10.0 Å². The molecule has 2 bridgehead atoms. The van der Waals surface area contributed by atoms with Gasteiger partial charge in [-0.2, -0.15) is 0 Å². The van der Waals surface area contributed by atoms with Gasteiger partial charge in [0.2, 0.25) is 0 Å². The van der Waals surface area contributed by atoms with Gasteiger partial charge >= 0.3 is 5.97 Å². The zero-order valence-electron chi connectivity index (χ0n) is 12.4. The molecule has 1 N–H and O–H groups in total. The molecule has 3 heteroatoms. The quantitative estimate of drug-likeness (QED) is 0.924. The van der Waals surface area contributed by atoms with Gasteiger partial charge in [-0.05, 0) is 61.7 Å². The topological polar surface area (TPSA) is 40.5 Å². The molecule has 21 heavy (non-hydrogen) atoms. The fourth-order valence-corrected chi connectivity index (χ4v) is 4.43. The maximum absolute atomic E-state index is 11.0. The monoisotopic (exact) mass is 285 g/mol. The highest BCUT2D eigenvalue weighted by atomic mass is 16.4. The first-order chi connectivity index (χ1) is 10.2. The van der Waals surface area contributed by atoms with Gasteiger partial charge in [0.25, 0.3) is 0 Å². The van der Waals surface area contributed by atoms with E-state index < -0.39 is 5.97 Å². The predicted octanol–water partition coefficient (Wildman–Crippen LogP) is 3.00. The second kappa shape index (κ2) is 4.84. The second-order valence-electron chi connectivity index (χ2n) is 7.22. The second-order valence-corrected chi connectivity index (χ2v) is 7.22. The summed E-state index contributed by atoms with van der Waals surface area (Å²) in [4.78, 5) is 13.6. The van der Waals surface area contributed by atoms with Crippen LogP contribution in [0.1, 0.15) is 49.1 Å². The van der Waals surface area contributed by atoms with Crippen LogP contribution in [0, 0.1) is 5.92 Å². The molecule has 1 aromatic rings. The summed E-state index contributed by atoms with van der Waals surface area (Å²) in [6.07, 6.45) is 5.02. The van der Waals surface area contributed by atoms with E-state index in [1.807, 2.05) is 0 Å². The first-order valence-corrected chi connectivity index (χ1v) is 8.21. The number of benzene rings is 1. The number of aliphatic carboxylic acids is 1. The molecular formula is C18H23NO2. The van der Waals surface area contributed by atoms with Crippen LogP contribution in [0.3, 0.4) is 0 Å². The maximum atomic E-state index is 11.0. The minimum atomic E-state index is -0.672. The van der Waals surface area contributed by atoms with Crippen molar-refractivity contribution >= 4 is 5.97 Å². The third kappa shape index (κ3) is 2.38. The molecule has 3 nitrogen and oxygen atoms in total. The number of carboxylic acid groups (broad SMARTS) is 1. The van der Waals surface area contributed by atoms with Crippen LogP contribution >= 0.6 is 0 Å². The van der Waals surface area contributed by atoms with Crippen molar-refractivity contribution in [3.8, 4) is 0 Å². The van der Waals surface area contributed by atoms with Crippen molar-refractivity contribution in [2.45, 2.75) is 43.4 Å². The molecule has 112 valence electrons. The summed E-state index contributed by atoms with van der Waals surface area (Å²) in [5, 5.41) is 9.07. The Bertz CT molecular complexity index is 539. The minimum Gasteiger partial charge on any atom is -0.481 e. The van der Waals surface area contributed by atoms with Crippen molar-refractivity contribution < 1.29 is 9.90 Å². The van der Waals surface area contributed by atoms with E-state index in [9.17, 15) is 4.79 Å². The molecule has 4 aliphatic rings. The van der Waals surface area contributed by atoms with E-state index in [1.165, 1.54) is 43.6 Å². The van der Waals surface area contributed by atoms with E-state index in [1.54, 1.807) is 0 Å². The zero-order valence-corrected chi connectivity index (χ0v) is 12.4. The van der Waals surface area contributed by atoms with Gasteiger partial charge in [-0.15, -0.1) is 0 Å². The highest BCUT2D eigenvalue weighted by Crippen LogP contribution is 2.51. The van der Waals surface area contributed by atoms with Crippen LogP contribution in [0.25, 0.3) is 0 Å². The maximum Gasteiger partial charge on any atom is 0.304 e. The molecule has 0 spiro atoms. The van der Waals surface area contributed by atoms with E-state index in [4.69, 9.17) is 5.11 Å². The summed E-state index contributed by atoms with van der Waals surface area (Å²) in [5.41, 5.74) is 2.63. The van der Waals surface area contributed by atoms with Gasteiger partial charge in [-0.1, -0.05) is 24.3 Å². The van der Waals surface area contributed by atoms with Crippen LogP contribution in [0.2, 0.25) is 0 Å². The van der Waals surface area contributed by atoms with Crippen molar-refractivity contribution in [2.75, 3.05) is 19.6 Å². The lowest BCUT2D eigenvalue weighted by Crippen LogP contribution is -2.46. The largest absolute Gasteiger partial charge is 0.481 e. The molecule has 3 aliphatic heterocycles. The third-order valence-corrected chi connectivity index (χ3v) is 5.95. The summed E-state index contributed by atoms with van der Waals surface area (Å²) >= 11 is 0. The summed E-state index contributed by atoms with van der Waals surface area (Å²) in [5.74, 6) is 0.875. The third-order valence-electron chi connectivity index (χ3n) is 5.95. The molecule has 1 saturated carbocycles. The molecule has 1 atom stereocenters. The lowest BCUT2D eigenvalue weighted by atomic mass is 9.75. The van der Waals surface area contributed by atoms with Crippen LogP contribution in [-0.4, -0.2) is 35.6 Å². The van der Waals surface area contributed by atoms with Crippen LogP contribution in [0.5, 0.6) is 0 Å². The Morgan fingerprint density at radius 1 is 1.19 bits per heavy atom. The van der Waals surface area contributed by atoms with Gasteiger partial charge in [0.15, 0.2) is 0 Å². The Morgan fingerprint density at radius 3 is 2.33 bits per heavy atom. The molecule has 3 saturated heterocycles.